The number of hydrogen-bond donors (Lipinski definition) is 0. The zero-order valence-electron chi connectivity index (χ0n) is 24.0. The van der Waals surface area contributed by atoms with Crippen LogP contribution in [0, 0.1) is 5.82 Å². The van der Waals surface area contributed by atoms with Crippen LogP contribution in [-0.2, 0) is 9.59 Å². The van der Waals surface area contributed by atoms with Crippen molar-refractivity contribution >= 4 is 48.4 Å². The van der Waals surface area contributed by atoms with Gasteiger partial charge in [0, 0.05) is 22.3 Å². The van der Waals surface area contributed by atoms with Crippen LogP contribution >= 0.6 is 0 Å². The molecule has 4 aromatic rings. The molecule has 214 valence electrons. The first-order valence-corrected chi connectivity index (χ1v) is 13.6. The second kappa shape index (κ2) is 14.4. The molecule has 4 aromatic carbocycles. The fourth-order valence-electron chi connectivity index (χ4n) is 3.80. The van der Waals surface area contributed by atoms with Crippen LogP contribution in [0.3, 0.4) is 0 Å². The lowest BCUT2D eigenvalue weighted by Gasteiger charge is -2.07. The average Bonchev–Trinajstić information content (AvgIpc) is 3.00. The number of rotatable bonds is 10. The van der Waals surface area contributed by atoms with Crippen molar-refractivity contribution in [2.75, 3.05) is 0 Å². The summed E-state index contributed by atoms with van der Waals surface area (Å²) < 4.78 is 25.4. The smallest absolute Gasteiger partial charge is 0.338 e. The monoisotopic (exact) mass is 570 g/mol. The summed E-state index contributed by atoms with van der Waals surface area (Å²) in [7, 11) is 0. The highest BCUT2D eigenvalue weighted by Crippen LogP contribution is 2.22. The lowest BCUT2D eigenvalue weighted by atomic mass is 10.1. The summed E-state index contributed by atoms with van der Waals surface area (Å²) in [6, 6.07) is 27.2. The molecule has 5 heteroatoms. The second-order valence-corrected chi connectivity index (χ2v) is 9.89. The van der Waals surface area contributed by atoms with E-state index >= 15 is 0 Å². The van der Waals surface area contributed by atoms with Gasteiger partial charge in [0.2, 0.25) is 0 Å². The van der Waals surface area contributed by atoms with Gasteiger partial charge in [-0.3, -0.25) is 0 Å². The maximum absolute atomic E-state index is 14.8. The number of carbonyl (C=O) groups excluding carboxylic acids is 2. The third kappa shape index (κ3) is 8.97. The molecule has 0 aliphatic heterocycles. The van der Waals surface area contributed by atoms with E-state index in [4.69, 9.17) is 9.47 Å². The molecule has 0 saturated heterocycles. The molecular formula is C38H31FO4. The fourth-order valence-corrected chi connectivity index (χ4v) is 3.80. The number of para-hydroxylation sites is 1. The molecule has 0 unspecified atom stereocenters. The first-order valence-electron chi connectivity index (χ1n) is 13.6. The highest BCUT2D eigenvalue weighted by Gasteiger charge is 2.08. The zero-order chi connectivity index (χ0) is 30.8. The van der Waals surface area contributed by atoms with E-state index in [-0.39, 0.29) is 5.82 Å². The highest BCUT2D eigenvalue weighted by molar-refractivity contribution is 5.90. The Balaban J connectivity index is 1.36. The number of ether oxygens (including phenoxy) is 2. The Hall–Kier alpha value is -5.55. The van der Waals surface area contributed by atoms with Crippen molar-refractivity contribution in [1.82, 2.24) is 0 Å². The Kier molecular flexibility index (Phi) is 10.2. The van der Waals surface area contributed by atoms with E-state index in [1.165, 1.54) is 6.07 Å². The minimum absolute atomic E-state index is 0.323. The molecule has 0 fully saturated rings. The van der Waals surface area contributed by atoms with Gasteiger partial charge in [0.15, 0.2) is 0 Å². The van der Waals surface area contributed by atoms with Crippen LogP contribution in [-0.4, -0.2) is 11.9 Å². The quantitative estimate of drug-likeness (QED) is 0.0825. The number of halogens is 1. The van der Waals surface area contributed by atoms with E-state index in [9.17, 15) is 14.0 Å². The molecule has 0 atom stereocenters. The Labute approximate surface area is 251 Å². The van der Waals surface area contributed by atoms with Crippen LogP contribution in [0.15, 0.2) is 115 Å². The van der Waals surface area contributed by atoms with Gasteiger partial charge in [0.25, 0.3) is 0 Å². The van der Waals surface area contributed by atoms with E-state index in [1.54, 1.807) is 62.4 Å². The molecule has 43 heavy (non-hydrogen) atoms. The van der Waals surface area contributed by atoms with E-state index < -0.39 is 11.9 Å². The Morgan fingerprint density at radius 1 is 0.581 bits per heavy atom. The third-order valence-electron chi connectivity index (χ3n) is 6.25. The lowest BCUT2D eigenvalue weighted by molar-refractivity contribution is -0.130. The van der Waals surface area contributed by atoms with Crippen molar-refractivity contribution in [2.45, 2.75) is 13.8 Å². The molecule has 0 bridgehead atoms. The van der Waals surface area contributed by atoms with Gasteiger partial charge in [-0.2, -0.15) is 0 Å². The van der Waals surface area contributed by atoms with Crippen molar-refractivity contribution in [3.63, 3.8) is 0 Å². The summed E-state index contributed by atoms with van der Waals surface area (Å²) >= 11 is 0. The number of esters is 2. The molecule has 0 aliphatic carbocycles. The van der Waals surface area contributed by atoms with Crippen LogP contribution in [0.5, 0.6) is 11.5 Å². The van der Waals surface area contributed by atoms with Crippen LogP contribution in [0.2, 0.25) is 0 Å². The van der Waals surface area contributed by atoms with Crippen LogP contribution < -0.4 is 9.47 Å². The molecule has 4 rings (SSSR count). The summed E-state index contributed by atoms with van der Waals surface area (Å²) in [4.78, 5) is 23.6. The number of carbonyl (C=O) groups is 2. The largest absolute Gasteiger partial charge is 0.423 e. The lowest BCUT2D eigenvalue weighted by Crippen LogP contribution is -2.08. The minimum atomic E-state index is -0.479. The molecular weight excluding hydrogens is 539 g/mol. The molecule has 0 heterocycles. The summed E-state index contributed by atoms with van der Waals surface area (Å²) in [5, 5.41) is 0. The predicted octanol–water partition coefficient (Wildman–Crippen LogP) is 9.30. The molecule has 0 N–H and O–H groups in total. The van der Waals surface area contributed by atoms with Crippen LogP contribution in [0.4, 0.5) is 4.39 Å². The maximum atomic E-state index is 14.8. The third-order valence-corrected chi connectivity index (χ3v) is 6.25. The van der Waals surface area contributed by atoms with E-state index in [0.717, 1.165) is 27.8 Å². The topological polar surface area (TPSA) is 52.6 Å². The number of benzene rings is 4. The molecule has 0 amide bonds. The van der Waals surface area contributed by atoms with E-state index in [2.05, 4.69) is 13.2 Å². The standard InChI is InChI=1S/C38H31FO4/c1-26(2)37(40)42-34-23-18-30(19-24-34)15-20-32-21-17-31(25-35(32)39)14-13-28-9-11-29(12-10-28)16-22-33-7-5-6-8-36(33)43-38(41)27(3)4/h5-25H,1,3H2,2,4H3/b14-13+,20-15+,22-16+. The predicted molar refractivity (Wildman–Crippen MR) is 173 cm³/mol. The minimum Gasteiger partial charge on any atom is -0.423 e. The van der Waals surface area contributed by atoms with Gasteiger partial charge in [-0.1, -0.05) is 116 Å². The van der Waals surface area contributed by atoms with Crippen molar-refractivity contribution in [3.05, 3.63) is 154 Å². The molecule has 0 radical (unpaired) electrons. The van der Waals surface area contributed by atoms with Crippen molar-refractivity contribution < 1.29 is 23.5 Å². The maximum Gasteiger partial charge on any atom is 0.338 e. The Bertz CT molecular complexity index is 1740. The van der Waals surface area contributed by atoms with Gasteiger partial charge in [-0.25, -0.2) is 14.0 Å². The van der Waals surface area contributed by atoms with Gasteiger partial charge in [-0.15, -0.1) is 0 Å². The fraction of sp³-hybridized carbons (Fsp3) is 0.0526. The summed E-state index contributed by atoms with van der Waals surface area (Å²) in [5.74, 6) is -0.385. The molecule has 0 saturated carbocycles. The second-order valence-electron chi connectivity index (χ2n) is 9.89. The first kappa shape index (κ1) is 30.4. The zero-order valence-corrected chi connectivity index (χ0v) is 24.0. The summed E-state index contributed by atoms with van der Waals surface area (Å²) in [6.45, 7) is 10.4. The van der Waals surface area contributed by atoms with E-state index in [1.807, 2.05) is 72.8 Å². The highest BCUT2D eigenvalue weighted by atomic mass is 19.1. The Morgan fingerprint density at radius 3 is 1.63 bits per heavy atom. The molecule has 0 spiro atoms. The molecule has 4 nitrogen and oxygen atoms in total. The Morgan fingerprint density at radius 2 is 1.05 bits per heavy atom. The van der Waals surface area contributed by atoms with E-state index in [0.29, 0.717) is 28.2 Å². The SMILES string of the molecule is C=C(C)C(=O)Oc1ccc(/C=C/c2ccc(/C=C/c3ccc(/C=C/c4ccccc4OC(=O)C(=C)C)cc3)cc2F)cc1. The molecule has 0 aromatic heterocycles. The first-order chi connectivity index (χ1) is 20.7. The normalized spacial score (nSPS) is 11.2. The van der Waals surface area contributed by atoms with Crippen molar-refractivity contribution in [1.29, 1.82) is 0 Å². The van der Waals surface area contributed by atoms with Crippen LogP contribution in [0.1, 0.15) is 47.2 Å². The molecule has 0 aliphatic rings. The van der Waals surface area contributed by atoms with Gasteiger partial charge in [-0.05, 0) is 60.4 Å². The van der Waals surface area contributed by atoms with Crippen molar-refractivity contribution in [2.24, 2.45) is 0 Å². The van der Waals surface area contributed by atoms with Crippen LogP contribution in [0.25, 0.3) is 36.5 Å². The average molecular weight is 571 g/mol. The van der Waals surface area contributed by atoms with Gasteiger partial charge < -0.3 is 9.47 Å². The van der Waals surface area contributed by atoms with Gasteiger partial charge >= 0.3 is 11.9 Å². The summed E-state index contributed by atoms with van der Waals surface area (Å²) in [5.41, 5.74) is 5.42. The van der Waals surface area contributed by atoms with Gasteiger partial charge in [0.1, 0.15) is 17.3 Å². The number of hydrogen-bond acceptors (Lipinski definition) is 4. The summed E-state index contributed by atoms with van der Waals surface area (Å²) in [6.07, 6.45) is 11.1. The van der Waals surface area contributed by atoms with Crippen molar-refractivity contribution in [3.8, 4) is 11.5 Å². The van der Waals surface area contributed by atoms with Gasteiger partial charge in [0.05, 0.1) is 0 Å².